The first-order chi connectivity index (χ1) is 7.25. The monoisotopic (exact) mass is 207 g/mol. The van der Waals surface area contributed by atoms with Crippen molar-refractivity contribution >= 4 is 5.91 Å². The van der Waals surface area contributed by atoms with E-state index in [0.29, 0.717) is 11.5 Å². The van der Waals surface area contributed by atoms with E-state index >= 15 is 0 Å². The fourth-order valence-electron chi connectivity index (χ4n) is 1.04. The van der Waals surface area contributed by atoms with E-state index in [2.05, 4.69) is 30.9 Å². The van der Waals surface area contributed by atoms with Gasteiger partial charge in [-0.2, -0.15) is 5.21 Å². The fraction of sp³-hybridized carbons (Fsp3) is 0.286. The van der Waals surface area contributed by atoms with E-state index in [4.69, 9.17) is 0 Å². The van der Waals surface area contributed by atoms with E-state index in [0.717, 1.165) is 0 Å². The van der Waals surface area contributed by atoms with Crippen molar-refractivity contribution in [1.29, 1.82) is 0 Å². The fourth-order valence-corrected chi connectivity index (χ4v) is 1.04. The number of H-pyrrole nitrogens is 1. The van der Waals surface area contributed by atoms with Crippen molar-refractivity contribution in [2.75, 3.05) is 0 Å². The van der Waals surface area contributed by atoms with Gasteiger partial charge in [-0.1, -0.05) is 5.21 Å². The number of nitrogens with zero attached hydrogens (tertiary/aromatic N) is 5. The van der Waals surface area contributed by atoms with Crippen LogP contribution >= 0.6 is 0 Å². The highest BCUT2D eigenvalue weighted by Gasteiger charge is 2.08. The van der Waals surface area contributed by atoms with Gasteiger partial charge < -0.3 is 9.88 Å². The Morgan fingerprint density at radius 3 is 3.13 bits per heavy atom. The van der Waals surface area contributed by atoms with Gasteiger partial charge in [0.2, 0.25) is 0 Å². The van der Waals surface area contributed by atoms with Crippen molar-refractivity contribution < 1.29 is 4.79 Å². The Kier molecular flexibility index (Phi) is 2.40. The maximum absolute atomic E-state index is 11.5. The largest absolute Gasteiger partial charge is 0.343 e. The summed E-state index contributed by atoms with van der Waals surface area (Å²) in [6, 6.07) is 0. The zero-order chi connectivity index (χ0) is 10.7. The molecule has 8 heteroatoms. The third kappa shape index (κ3) is 2.16. The first-order valence-electron chi connectivity index (χ1n) is 4.24. The van der Waals surface area contributed by atoms with E-state index in [1.165, 1.54) is 0 Å². The lowest BCUT2D eigenvalue weighted by Gasteiger charge is -1.97. The van der Waals surface area contributed by atoms with E-state index in [1.807, 2.05) is 0 Å². The molecule has 0 radical (unpaired) electrons. The minimum Gasteiger partial charge on any atom is -0.343 e. The molecule has 0 saturated carbocycles. The molecule has 1 amide bonds. The number of hydrogen-bond donors (Lipinski definition) is 2. The lowest BCUT2D eigenvalue weighted by atomic mass is 10.4. The van der Waals surface area contributed by atoms with Crippen LogP contribution in [0.3, 0.4) is 0 Å². The normalized spacial score (nSPS) is 10.2. The van der Waals surface area contributed by atoms with E-state index in [1.54, 1.807) is 24.1 Å². The third-order valence-electron chi connectivity index (χ3n) is 1.73. The van der Waals surface area contributed by atoms with Gasteiger partial charge in [-0.25, -0.2) is 4.98 Å². The van der Waals surface area contributed by atoms with E-state index in [9.17, 15) is 4.79 Å². The van der Waals surface area contributed by atoms with Gasteiger partial charge in [0, 0.05) is 13.2 Å². The summed E-state index contributed by atoms with van der Waals surface area (Å²) in [4.78, 5) is 15.4. The molecule has 2 rings (SSSR count). The predicted molar refractivity (Wildman–Crippen MR) is 48.6 cm³/mol. The van der Waals surface area contributed by atoms with Crippen LogP contribution in [-0.2, 0) is 13.6 Å². The Bertz CT molecular complexity index is 446. The summed E-state index contributed by atoms with van der Waals surface area (Å²) >= 11 is 0. The molecule has 0 fully saturated rings. The number of carbonyl (C=O) groups excluding carboxylic acids is 1. The number of tetrazole rings is 1. The van der Waals surface area contributed by atoms with Crippen molar-refractivity contribution in [3.05, 3.63) is 24.0 Å². The summed E-state index contributed by atoms with van der Waals surface area (Å²) in [6.07, 6.45) is 3.19. The van der Waals surface area contributed by atoms with E-state index in [-0.39, 0.29) is 12.5 Å². The molecule has 0 saturated heterocycles. The summed E-state index contributed by atoms with van der Waals surface area (Å²) in [5, 5.41) is 15.7. The highest BCUT2D eigenvalue weighted by Crippen LogP contribution is 1.94. The summed E-state index contributed by atoms with van der Waals surface area (Å²) in [7, 11) is 1.79. The smallest absolute Gasteiger partial charge is 0.271 e. The molecule has 15 heavy (non-hydrogen) atoms. The molecule has 2 aromatic heterocycles. The minimum absolute atomic E-state index is 0.228. The Morgan fingerprint density at radius 2 is 2.53 bits per heavy atom. The second kappa shape index (κ2) is 3.86. The molecule has 2 N–H and O–H groups in total. The van der Waals surface area contributed by atoms with Gasteiger partial charge in [-0.05, 0) is 0 Å². The number of aromatic amines is 1. The molecule has 0 spiro atoms. The molecule has 0 aliphatic carbocycles. The Morgan fingerprint density at radius 1 is 1.67 bits per heavy atom. The van der Waals surface area contributed by atoms with Gasteiger partial charge in [0.05, 0.1) is 12.9 Å². The molecule has 78 valence electrons. The van der Waals surface area contributed by atoms with Crippen LogP contribution in [0.4, 0.5) is 0 Å². The average molecular weight is 207 g/mol. The van der Waals surface area contributed by atoms with Crippen LogP contribution in [-0.4, -0.2) is 36.1 Å². The molecule has 2 aromatic rings. The van der Waals surface area contributed by atoms with Crippen molar-refractivity contribution in [1.82, 2.24) is 35.5 Å². The Balaban J connectivity index is 1.93. The summed E-state index contributed by atoms with van der Waals surface area (Å²) in [5.41, 5.74) is 0.362. The van der Waals surface area contributed by atoms with Crippen LogP contribution < -0.4 is 5.32 Å². The van der Waals surface area contributed by atoms with Crippen LogP contribution in [0, 0.1) is 0 Å². The predicted octanol–water partition coefficient (Wildman–Crippen LogP) is -1.14. The molecule has 0 unspecified atom stereocenters. The molecule has 0 atom stereocenters. The number of carbonyl (C=O) groups is 1. The van der Waals surface area contributed by atoms with Crippen LogP contribution in [0.25, 0.3) is 0 Å². The summed E-state index contributed by atoms with van der Waals surface area (Å²) < 4.78 is 1.70. The van der Waals surface area contributed by atoms with Crippen molar-refractivity contribution in [3.63, 3.8) is 0 Å². The maximum Gasteiger partial charge on any atom is 0.271 e. The molecular weight excluding hydrogens is 198 g/mol. The van der Waals surface area contributed by atoms with Gasteiger partial charge in [-0.3, -0.25) is 4.79 Å². The van der Waals surface area contributed by atoms with Crippen molar-refractivity contribution in [3.8, 4) is 0 Å². The van der Waals surface area contributed by atoms with Gasteiger partial charge in [0.25, 0.3) is 5.91 Å². The van der Waals surface area contributed by atoms with Crippen LogP contribution in [0.2, 0.25) is 0 Å². The second-order valence-corrected chi connectivity index (χ2v) is 2.94. The van der Waals surface area contributed by atoms with Crippen LogP contribution in [0.5, 0.6) is 0 Å². The summed E-state index contributed by atoms with van der Waals surface area (Å²) in [6.45, 7) is 0.228. The van der Waals surface area contributed by atoms with Gasteiger partial charge >= 0.3 is 0 Å². The minimum atomic E-state index is -0.264. The zero-order valence-electron chi connectivity index (χ0n) is 8.01. The number of imidazole rings is 1. The number of amides is 1. The van der Waals surface area contributed by atoms with Crippen LogP contribution in [0.15, 0.2) is 12.5 Å². The quantitative estimate of drug-likeness (QED) is 0.662. The highest BCUT2D eigenvalue weighted by molar-refractivity contribution is 5.91. The number of aryl methyl sites for hydroxylation is 1. The standard InChI is InChI=1S/C7H9N7O/c1-14-3-5(9-4-14)7(15)8-2-6-10-12-13-11-6/h3-4H,2H2,1H3,(H,8,15)(H,10,11,12,13). The Labute approximate surface area is 84.7 Å². The van der Waals surface area contributed by atoms with Crippen molar-refractivity contribution in [2.45, 2.75) is 6.54 Å². The number of rotatable bonds is 3. The Hall–Kier alpha value is -2.25. The first-order valence-corrected chi connectivity index (χ1v) is 4.24. The molecule has 0 bridgehead atoms. The highest BCUT2D eigenvalue weighted by atomic mass is 16.1. The number of aromatic nitrogens is 6. The van der Waals surface area contributed by atoms with Crippen LogP contribution in [0.1, 0.15) is 16.3 Å². The average Bonchev–Trinajstić information content (AvgIpc) is 2.84. The third-order valence-corrected chi connectivity index (χ3v) is 1.73. The molecule has 0 aliphatic heterocycles. The first kappa shape index (κ1) is 9.31. The van der Waals surface area contributed by atoms with Crippen molar-refractivity contribution in [2.24, 2.45) is 7.05 Å². The van der Waals surface area contributed by atoms with Gasteiger partial charge in [0.15, 0.2) is 5.82 Å². The SMILES string of the molecule is Cn1cnc(C(=O)NCc2nn[nH]n2)c1. The molecule has 0 aliphatic rings. The maximum atomic E-state index is 11.5. The lowest BCUT2D eigenvalue weighted by molar-refractivity contribution is 0.0945. The zero-order valence-corrected chi connectivity index (χ0v) is 8.01. The van der Waals surface area contributed by atoms with E-state index < -0.39 is 0 Å². The second-order valence-electron chi connectivity index (χ2n) is 2.94. The topological polar surface area (TPSA) is 101 Å². The molecule has 8 nitrogen and oxygen atoms in total. The molecular formula is C7H9N7O. The summed E-state index contributed by atoms with van der Waals surface area (Å²) in [5.74, 6) is 0.166. The van der Waals surface area contributed by atoms with Gasteiger partial charge in [0.1, 0.15) is 5.69 Å². The number of nitrogens with one attached hydrogen (secondary N) is 2. The number of hydrogen-bond acceptors (Lipinski definition) is 5. The van der Waals surface area contributed by atoms with Gasteiger partial charge in [-0.15, -0.1) is 10.2 Å². The molecule has 0 aromatic carbocycles. The lowest BCUT2D eigenvalue weighted by Crippen LogP contribution is -2.23. The molecule has 2 heterocycles.